The summed E-state index contributed by atoms with van der Waals surface area (Å²) < 4.78 is 13.2. The van der Waals surface area contributed by atoms with E-state index in [0.29, 0.717) is 30.2 Å². The van der Waals surface area contributed by atoms with Crippen molar-refractivity contribution >= 4 is 11.6 Å². The summed E-state index contributed by atoms with van der Waals surface area (Å²) in [7, 11) is 0. The van der Waals surface area contributed by atoms with E-state index in [9.17, 15) is 4.79 Å². The third kappa shape index (κ3) is 3.74. The summed E-state index contributed by atoms with van der Waals surface area (Å²) in [6.45, 7) is 6.85. The lowest BCUT2D eigenvalue weighted by molar-refractivity contribution is 0.0954. The monoisotopic (exact) mass is 389 g/mol. The van der Waals surface area contributed by atoms with Gasteiger partial charge in [-0.05, 0) is 57.2 Å². The number of aromatic nitrogens is 1. The zero-order chi connectivity index (χ0) is 20.4. The van der Waals surface area contributed by atoms with Crippen molar-refractivity contribution in [2.75, 3.05) is 13.2 Å². The number of nitrogens with zero attached hydrogens (tertiary/aromatic N) is 2. The van der Waals surface area contributed by atoms with E-state index in [0.717, 1.165) is 28.4 Å². The van der Waals surface area contributed by atoms with Crippen LogP contribution in [0.25, 0.3) is 5.69 Å². The highest BCUT2D eigenvalue weighted by Gasteiger charge is 2.17. The van der Waals surface area contributed by atoms with Crippen molar-refractivity contribution in [2.24, 2.45) is 5.10 Å². The largest absolute Gasteiger partial charge is 0.486 e. The SMILES string of the molecule is C/C(=N/NC(=O)c1cc(C)n(-c2ccccc2)c1C)c1ccc2c(c1)OCCO2. The van der Waals surface area contributed by atoms with Crippen LogP contribution in [0, 0.1) is 13.8 Å². The van der Waals surface area contributed by atoms with Crippen molar-refractivity contribution in [2.45, 2.75) is 20.8 Å². The van der Waals surface area contributed by atoms with Crippen molar-refractivity contribution < 1.29 is 14.3 Å². The van der Waals surface area contributed by atoms with Crippen LogP contribution < -0.4 is 14.9 Å². The van der Waals surface area contributed by atoms with Crippen LogP contribution in [-0.2, 0) is 0 Å². The Labute approximate surface area is 169 Å². The molecule has 1 N–H and O–H groups in total. The Kier molecular flexibility index (Phi) is 5.08. The van der Waals surface area contributed by atoms with Gasteiger partial charge in [0.05, 0.1) is 11.3 Å². The number of carbonyl (C=O) groups excluding carboxylic acids is 1. The first-order valence-corrected chi connectivity index (χ1v) is 9.53. The van der Waals surface area contributed by atoms with Crippen LogP contribution in [-0.4, -0.2) is 29.4 Å². The maximum Gasteiger partial charge on any atom is 0.273 e. The number of aryl methyl sites for hydroxylation is 1. The summed E-state index contributed by atoms with van der Waals surface area (Å²) in [5.74, 6) is 1.18. The third-order valence-corrected chi connectivity index (χ3v) is 4.98. The van der Waals surface area contributed by atoms with E-state index >= 15 is 0 Å². The first-order chi connectivity index (χ1) is 14.0. The van der Waals surface area contributed by atoms with Gasteiger partial charge >= 0.3 is 0 Å². The Morgan fingerprint density at radius 1 is 1.00 bits per heavy atom. The molecule has 1 aliphatic heterocycles. The van der Waals surface area contributed by atoms with E-state index < -0.39 is 0 Å². The predicted octanol–water partition coefficient (Wildman–Crippen LogP) is 4.02. The molecule has 4 rings (SSSR count). The molecule has 6 nitrogen and oxygen atoms in total. The first kappa shape index (κ1) is 18.8. The molecule has 0 spiro atoms. The summed E-state index contributed by atoms with van der Waals surface area (Å²) in [4.78, 5) is 12.8. The van der Waals surface area contributed by atoms with E-state index in [4.69, 9.17) is 9.47 Å². The van der Waals surface area contributed by atoms with Gasteiger partial charge in [0.15, 0.2) is 11.5 Å². The lowest BCUT2D eigenvalue weighted by Gasteiger charge is -2.18. The fourth-order valence-corrected chi connectivity index (χ4v) is 3.49. The zero-order valence-electron chi connectivity index (χ0n) is 16.7. The number of amides is 1. The second-order valence-electron chi connectivity index (χ2n) is 6.95. The molecule has 0 aliphatic carbocycles. The smallest absolute Gasteiger partial charge is 0.273 e. The van der Waals surface area contributed by atoms with Gasteiger partial charge in [-0.15, -0.1) is 0 Å². The molecule has 0 bridgehead atoms. The summed E-state index contributed by atoms with van der Waals surface area (Å²) in [6, 6.07) is 17.5. The lowest BCUT2D eigenvalue weighted by Crippen LogP contribution is -2.20. The van der Waals surface area contributed by atoms with Gasteiger partial charge in [-0.25, -0.2) is 5.43 Å². The zero-order valence-corrected chi connectivity index (χ0v) is 16.7. The summed E-state index contributed by atoms with van der Waals surface area (Å²) >= 11 is 0. The molecule has 2 heterocycles. The van der Waals surface area contributed by atoms with Crippen molar-refractivity contribution in [1.29, 1.82) is 0 Å². The number of hydrogen-bond acceptors (Lipinski definition) is 4. The molecule has 0 saturated heterocycles. The number of hydrazone groups is 1. The third-order valence-electron chi connectivity index (χ3n) is 4.98. The molecule has 0 saturated carbocycles. The van der Waals surface area contributed by atoms with E-state index in [1.54, 1.807) is 0 Å². The molecule has 0 radical (unpaired) electrons. The number of hydrogen-bond donors (Lipinski definition) is 1. The van der Waals surface area contributed by atoms with Crippen molar-refractivity contribution in [3.8, 4) is 17.2 Å². The van der Waals surface area contributed by atoms with Crippen molar-refractivity contribution in [1.82, 2.24) is 9.99 Å². The maximum atomic E-state index is 12.8. The molecule has 29 heavy (non-hydrogen) atoms. The number of ether oxygens (including phenoxy) is 2. The van der Waals surface area contributed by atoms with Gasteiger partial charge in [0, 0.05) is 22.6 Å². The van der Waals surface area contributed by atoms with Gasteiger partial charge in [0.1, 0.15) is 13.2 Å². The van der Waals surface area contributed by atoms with Crippen LogP contribution in [0.3, 0.4) is 0 Å². The predicted molar refractivity (Wildman–Crippen MR) is 112 cm³/mol. The highest BCUT2D eigenvalue weighted by molar-refractivity contribution is 6.01. The van der Waals surface area contributed by atoms with Crippen LogP contribution in [0.4, 0.5) is 0 Å². The molecular formula is C23H23N3O3. The molecule has 1 aliphatic rings. The maximum absolute atomic E-state index is 12.8. The summed E-state index contributed by atoms with van der Waals surface area (Å²) in [6.07, 6.45) is 0. The van der Waals surface area contributed by atoms with E-state index in [1.807, 2.05) is 75.4 Å². The minimum Gasteiger partial charge on any atom is -0.486 e. The van der Waals surface area contributed by atoms with Gasteiger partial charge in [0.25, 0.3) is 5.91 Å². The molecule has 3 aromatic rings. The Bertz CT molecular complexity index is 1080. The Balaban J connectivity index is 1.54. The van der Waals surface area contributed by atoms with E-state index in [1.165, 1.54) is 0 Å². The topological polar surface area (TPSA) is 64.9 Å². The number of benzene rings is 2. The Hall–Kier alpha value is -3.54. The lowest BCUT2D eigenvalue weighted by atomic mass is 10.1. The molecule has 0 atom stereocenters. The fourth-order valence-electron chi connectivity index (χ4n) is 3.49. The molecule has 2 aromatic carbocycles. The minimum atomic E-state index is -0.239. The minimum absolute atomic E-state index is 0.239. The Morgan fingerprint density at radius 2 is 1.72 bits per heavy atom. The molecule has 0 fully saturated rings. The molecule has 1 aromatic heterocycles. The van der Waals surface area contributed by atoms with Crippen LogP contribution in [0.5, 0.6) is 11.5 Å². The Morgan fingerprint density at radius 3 is 2.48 bits per heavy atom. The average molecular weight is 389 g/mol. The normalized spacial score (nSPS) is 13.3. The van der Waals surface area contributed by atoms with Crippen LogP contribution in [0.15, 0.2) is 59.7 Å². The first-order valence-electron chi connectivity index (χ1n) is 9.53. The number of carbonyl (C=O) groups is 1. The molecule has 6 heteroatoms. The fraction of sp³-hybridized carbons (Fsp3) is 0.217. The van der Waals surface area contributed by atoms with Gasteiger partial charge in [-0.3, -0.25) is 4.79 Å². The quantitative estimate of drug-likeness (QED) is 0.541. The molecular weight excluding hydrogens is 366 g/mol. The van der Waals surface area contributed by atoms with Crippen molar-refractivity contribution in [3.63, 3.8) is 0 Å². The number of rotatable bonds is 4. The average Bonchev–Trinajstić information content (AvgIpc) is 3.06. The molecule has 148 valence electrons. The molecule has 0 unspecified atom stereocenters. The number of fused-ring (bicyclic) bond motifs is 1. The van der Waals surface area contributed by atoms with Crippen LogP contribution in [0.2, 0.25) is 0 Å². The summed E-state index contributed by atoms with van der Waals surface area (Å²) in [5.41, 5.74) is 7.72. The van der Waals surface area contributed by atoms with E-state index in [2.05, 4.69) is 15.1 Å². The highest BCUT2D eigenvalue weighted by Crippen LogP contribution is 2.30. The van der Waals surface area contributed by atoms with E-state index in [-0.39, 0.29) is 5.91 Å². The highest BCUT2D eigenvalue weighted by atomic mass is 16.6. The second kappa shape index (κ2) is 7.83. The van der Waals surface area contributed by atoms with Gasteiger partial charge in [-0.1, -0.05) is 18.2 Å². The van der Waals surface area contributed by atoms with Crippen LogP contribution >= 0.6 is 0 Å². The van der Waals surface area contributed by atoms with Crippen molar-refractivity contribution in [3.05, 3.63) is 77.1 Å². The number of nitrogens with one attached hydrogen (secondary N) is 1. The molecule has 1 amide bonds. The number of para-hydroxylation sites is 1. The standard InChI is InChI=1S/C23H23N3O3/c1-15-13-20(17(3)26(15)19-7-5-4-6-8-19)23(27)25-24-16(2)18-9-10-21-22(14-18)29-12-11-28-21/h4-10,13-14H,11-12H2,1-3H3,(H,25,27)/b24-16-. The van der Waals surface area contributed by atoms with Gasteiger partial charge < -0.3 is 14.0 Å². The van der Waals surface area contributed by atoms with Gasteiger partial charge in [-0.2, -0.15) is 5.10 Å². The van der Waals surface area contributed by atoms with Gasteiger partial charge in [0.2, 0.25) is 0 Å². The van der Waals surface area contributed by atoms with Crippen LogP contribution in [0.1, 0.15) is 34.2 Å². The second-order valence-corrected chi connectivity index (χ2v) is 6.95. The summed E-state index contributed by atoms with van der Waals surface area (Å²) in [5, 5.41) is 4.28.